The third-order valence-electron chi connectivity index (χ3n) is 3.70. The van der Waals surface area contributed by atoms with E-state index in [1.165, 1.54) is 12.0 Å². The summed E-state index contributed by atoms with van der Waals surface area (Å²) >= 11 is 5.93. The zero-order chi connectivity index (χ0) is 13.1. The van der Waals surface area contributed by atoms with Crippen LogP contribution in [-0.2, 0) is 6.54 Å². The van der Waals surface area contributed by atoms with E-state index in [0.29, 0.717) is 11.1 Å². The molecule has 1 aromatic heterocycles. The zero-order valence-electron chi connectivity index (χ0n) is 10.8. The van der Waals surface area contributed by atoms with E-state index in [1.807, 2.05) is 18.2 Å². The molecule has 0 bridgehead atoms. The van der Waals surface area contributed by atoms with Crippen LogP contribution >= 0.6 is 11.6 Å². The Bertz CT molecular complexity index is 541. The Labute approximate surface area is 119 Å². The van der Waals surface area contributed by atoms with Gasteiger partial charge in [0.25, 0.3) is 0 Å². The van der Waals surface area contributed by atoms with Crippen LogP contribution in [0.5, 0.6) is 0 Å². The summed E-state index contributed by atoms with van der Waals surface area (Å²) in [5.41, 5.74) is 2.50. The fourth-order valence-corrected chi connectivity index (χ4v) is 2.92. The van der Waals surface area contributed by atoms with Gasteiger partial charge in [-0.1, -0.05) is 48.0 Å². The van der Waals surface area contributed by atoms with Crippen molar-refractivity contribution >= 4 is 11.6 Å². The molecule has 1 unspecified atom stereocenters. The van der Waals surface area contributed by atoms with Crippen LogP contribution in [0.15, 0.2) is 48.5 Å². The maximum absolute atomic E-state index is 5.93. The normalized spacial score (nSPS) is 19.7. The van der Waals surface area contributed by atoms with Crippen LogP contribution in [0.1, 0.15) is 23.6 Å². The molecule has 1 aliphatic rings. The van der Waals surface area contributed by atoms with Crippen molar-refractivity contribution in [3.05, 3.63) is 64.9 Å². The van der Waals surface area contributed by atoms with Crippen molar-refractivity contribution in [2.24, 2.45) is 0 Å². The summed E-state index contributed by atoms with van der Waals surface area (Å²) in [6, 6.07) is 16.6. The molecule has 1 aromatic carbocycles. The molecule has 98 valence electrons. The Balaban J connectivity index is 1.63. The lowest BCUT2D eigenvalue weighted by atomic mass is 9.99. The average Bonchev–Trinajstić information content (AvgIpc) is 2.88. The van der Waals surface area contributed by atoms with Crippen molar-refractivity contribution in [3.8, 4) is 0 Å². The number of pyridine rings is 1. The summed E-state index contributed by atoms with van der Waals surface area (Å²) in [4.78, 5) is 6.81. The van der Waals surface area contributed by atoms with Crippen molar-refractivity contribution in [2.45, 2.75) is 18.9 Å². The predicted molar refractivity (Wildman–Crippen MR) is 78.3 cm³/mol. The molecule has 3 heteroatoms. The summed E-state index contributed by atoms with van der Waals surface area (Å²) in [6.07, 6.45) is 1.23. The first-order valence-corrected chi connectivity index (χ1v) is 7.08. The van der Waals surface area contributed by atoms with E-state index in [4.69, 9.17) is 11.6 Å². The number of likely N-dealkylation sites (tertiary alicyclic amines) is 1. The highest BCUT2D eigenvalue weighted by Gasteiger charge is 2.23. The zero-order valence-corrected chi connectivity index (χ0v) is 11.6. The predicted octanol–water partition coefficient (Wildman–Crippen LogP) is 3.72. The van der Waals surface area contributed by atoms with Crippen molar-refractivity contribution in [1.82, 2.24) is 9.88 Å². The van der Waals surface area contributed by atoms with Crippen LogP contribution < -0.4 is 0 Å². The fourth-order valence-electron chi connectivity index (χ4n) is 2.74. The topological polar surface area (TPSA) is 16.1 Å². The fraction of sp³-hybridized carbons (Fsp3) is 0.312. The molecule has 1 saturated heterocycles. The number of nitrogens with zero attached hydrogens (tertiary/aromatic N) is 2. The van der Waals surface area contributed by atoms with E-state index in [2.05, 4.69) is 40.2 Å². The SMILES string of the molecule is Clc1cccc(CN2CCC(c3ccccc3)C2)n1. The summed E-state index contributed by atoms with van der Waals surface area (Å²) in [6.45, 7) is 3.13. The molecule has 0 N–H and O–H groups in total. The lowest BCUT2D eigenvalue weighted by Gasteiger charge is -2.15. The Hall–Kier alpha value is -1.38. The van der Waals surface area contributed by atoms with Crippen LogP contribution in [0.4, 0.5) is 0 Å². The molecule has 1 aliphatic heterocycles. The first-order chi connectivity index (χ1) is 9.31. The minimum Gasteiger partial charge on any atom is -0.297 e. The van der Waals surface area contributed by atoms with Gasteiger partial charge in [-0.25, -0.2) is 4.98 Å². The highest BCUT2D eigenvalue weighted by Crippen LogP contribution is 2.27. The summed E-state index contributed by atoms with van der Waals surface area (Å²) in [7, 11) is 0. The molecule has 2 aromatic rings. The van der Waals surface area contributed by atoms with Gasteiger partial charge >= 0.3 is 0 Å². The van der Waals surface area contributed by atoms with Gasteiger partial charge in [-0.05, 0) is 36.6 Å². The van der Waals surface area contributed by atoms with E-state index in [1.54, 1.807) is 0 Å². The monoisotopic (exact) mass is 272 g/mol. The van der Waals surface area contributed by atoms with E-state index < -0.39 is 0 Å². The molecule has 0 radical (unpaired) electrons. The van der Waals surface area contributed by atoms with Crippen molar-refractivity contribution in [1.29, 1.82) is 0 Å². The maximum atomic E-state index is 5.93. The number of benzene rings is 1. The molecule has 19 heavy (non-hydrogen) atoms. The number of aromatic nitrogens is 1. The molecule has 1 atom stereocenters. The van der Waals surface area contributed by atoms with Crippen molar-refractivity contribution in [3.63, 3.8) is 0 Å². The van der Waals surface area contributed by atoms with Gasteiger partial charge < -0.3 is 0 Å². The molecule has 3 rings (SSSR count). The Morgan fingerprint density at radius 2 is 1.95 bits per heavy atom. The molecule has 0 amide bonds. The van der Waals surface area contributed by atoms with Gasteiger partial charge in [0.1, 0.15) is 5.15 Å². The molecule has 0 saturated carbocycles. The molecule has 0 aliphatic carbocycles. The van der Waals surface area contributed by atoms with Gasteiger partial charge in [0.15, 0.2) is 0 Å². The highest BCUT2D eigenvalue weighted by molar-refractivity contribution is 6.29. The summed E-state index contributed by atoms with van der Waals surface area (Å²) in [5, 5.41) is 0.580. The minimum atomic E-state index is 0.580. The molecular formula is C16H17ClN2. The lowest BCUT2D eigenvalue weighted by Crippen LogP contribution is -2.20. The summed E-state index contributed by atoms with van der Waals surface area (Å²) in [5.74, 6) is 0.653. The van der Waals surface area contributed by atoms with Crippen molar-refractivity contribution in [2.75, 3.05) is 13.1 Å². The molecule has 1 fully saturated rings. The first kappa shape index (κ1) is 12.6. The molecule has 2 nitrogen and oxygen atoms in total. The van der Waals surface area contributed by atoms with Crippen LogP contribution in [-0.4, -0.2) is 23.0 Å². The number of rotatable bonds is 3. The van der Waals surface area contributed by atoms with Gasteiger partial charge in [0, 0.05) is 13.1 Å². The van der Waals surface area contributed by atoms with Gasteiger partial charge in [0.05, 0.1) is 5.69 Å². The quantitative estimate of drug-likeness (QED) is 0.792. The second-order valence-corrected chi connectivity index (χ2v) is 5.47. The van der Waals surface area contributed by atoms with Gasteiger partial charge in [0.2, 0.25) is 0 Å². The van der Waals surface area contributed by atoms with Crippen LogP contribution in [0.25, 0.3) is 0 Å². The van der Waals surface area contributed by atoms with Crippen LogP contribution in [0.2, 0.25) is 5.15 Å². The van der Waals surface area contributed by atoms with E-state index in [-0.39, 0.29) is 0 Å². The number of hydrogen-bond donors (Lipinski definition) is 0. The van der Waals surface area contributed by atoms with Crippen LogP contribution in [0, 0.1) is 0 Å². The third kappa shape index (κ3) is 3.14. The van der Waals surface area contributed by atoms with Gasteiger partial charge in [-0.3, -0.25) is 4.90 Å². The standard InChI is InChI=1S/C16H17ClN2/c17-16-8-4-7-15(18-16)12-19-10-9-14(11-19)13-5-2-1-3-6-13/h1-8,14H,9-12H2. The number of halogens is 1. The second kappa shape index (κ2) is 5.72. The van der Waals surface area contributed by atoms with E-state index in [9.17, 15) is 0 Å². The lowest BCUT2D eigenvalue weighted by molar-refractivity contribution is 0.323. The largest absolute Gasteiger partial charge is 0.297 e. The molecule has 2 heterocycles. The molecule has 0 spiro atoms. The summed E-state index contributed by atoms with van der Waals surface area (Å²) < 4.78 is 0. The highest BCUT2D eigenvalue weighted by atomic mass is 35.5. The minimum absolute atomic E-state index is 0.580. The average molecular weight is 273 g/mol. The van der Waals surface area contributed by atoms with E-state index >= 15 is 0 Å². The van der Waals surface area contributed by atoms with Gasteiger partial charge in [-0.2, -0.15) is 0 Å². The van der Waals surface area contributed by atoms with Crippen LogP contribution in [0.3, 0.4) is 0 Å². The Kier molecular flexibility index (Phi) is 3.81. The third-order valence-corrected chi connectivity index (χ3v) is 3.91. The maximum Gasteiger partial charge on any atom is 0.129 e. The van der Waals surface area contributed by atoms with Gasteiger partial charge in [-0.15, -0.1) is 0 Å². The van der Waals surface area contributed by atoms with E-state index in [0.717, 1.165) is 25.3 Å². The Morgan fingerprint density at radius 3 is 2.74 bits per heavy atom. The van der Waals surface area contributed by atoms with Crippen molar-refractivity contribution < 1.29 is 0 Å². The molecular weight excluding hydrogens is 256 g/mol. The smallest absolute Gasteiger partial charge is 0.129 e. The number of hydrogen-bond acceptors (Lipinski definition) is 2. The Morgan fingerprint density at radius 1 is 1.11 bits per heavy atom. The second-order valence-electron chi connectivity index (χ2n) is 5.08. The first-order valence-electron chi connectivity index (χ1n) is 6.70.